The molecule has 4 aliphatic carbocycles. The van der Waals surface area contributed by atoms with Crippen molar-refractivity contribution in [3.8, 4) is 0 Å². The fourth-order valence-corrected chi connectivity index (χ4v) is 5.17. The second kappa shape index (κ2) is 4.52. The number of fused-ring (bicyclic) bond motifs is 1. The van der Waals surface area contributed by atoms with Crippen molar-refractivity contribution < 1.29 is 19.1 Å². The Morgan fingerprint density at radius 1 is 1.00 bits per heavy atom. The standard InChI is InChI=1S/C17H20N2O4/c1-17(2)13-9-7-5-6-8(10(9)14(13)18-19-17)12(16(21)23-4)11(7)15(20)22-3/h5-10,13-14H,1-4H3/t7-,8+,9+,10-,13-,14+/m0/s1. The van der Waals surface area contributed by atoms with Gasteiger partial charge >= 0.3 is 11.9 Å². The van der Waals surface area contributed by atoms with Crippen LogP contribution in [0, 0.1) is 29.6 Å². The quantitative estimate of drug-likeness (QED) is 0.576. The Kier molecular flexibility index (Phi) is 2.87. The molecule has 0 saturated heterocycles. The van der Waals surface area contributed by atoms with Crippen LogP contribution in [0.25, 0.3) is 0 Å². The summed E-state index contributed by atoms with van der Waals surface area (Å²) in [4.78, 5) is 24.7. The molecule has 0 aromatic heterocycles. The van der Waals surface area contributed by atoms with Crippen LogP contribution in [0.3, 0.4) is 0 Å². The number of carbonyl (C=O) groups is 2. The first-order valence-corrected chi connectivity index (χ1v) is 7.93. The molecule has 1 aliphatic heterocycles. The molecule has 0 N–H and O–H groups in total. The highest BCUT2D eigenvalue weighted by molar-refractivity contribution is 6.02. The fourth-order valence-electron chi connectivity index (χ4n) is 5.17. The van der Waals surface area contributed by atoms with Gasteiger partial charge in [0.25, 0.3) is 0 Å². The zero-order chi connectivity index (χ0) is 16.5. The molecule has 6 nitrogen and oxygen atoms in total. The third-order valence-corrected chi connectivity index (χ3v) is 6.01. The minimum absolute atomic E-state index is 0.115. The molecule has 1 heterocycles. The van der Waals surface area contributed by atoms with Gasteiger partial charge in [-0.25, -0.2) is 9.59 Å². The van der Waals surface area contributed by atoms with Crippen LogP contribution in [0.15, 0.2) is 33.5 Å². The summed E-state index contributed by atoms with van der Waals surface area (Å²) in [5.74, 6) is -0.317. The lowest BCUT2D eigenvalue weighted by Gasteiger charge is -2.60. The summed E-state index contributed by atoms with van der Waals surface area (Å²) in [5, 5.41) is 8.91. The molecule has 6 atom stereocenters. The Hall–Kier alpha value is -1.98. The molecule has 0 aromatic rings. The van der Waals surface area contributed by atoms with Gasteiger partial charge in [0.1, 0.15) is 0 Å². The van der Waals surface area contributed by atoms with Crippen molar-refractivity contribution in [2.45, 2.75) is 25.4 Å². The van der Waals surface area contributed by atoms with Gasteiger partial charge in [-0.15, -0.1) is 0 Å². The van der Waals surface area contributed by atoms with E-state index in [2.05, 4.69) is 30.2 Å². The number of nitrogens with zero attached hydrogens (tertiary/aromatic N) is 2. The zero-order valence-electron chi connectivity index (χ0n) is 13.6. The highest BCUT2D eigenvalue weighted by Crippen LogP contribution is 2.65. The number of rotatable bonds is 2. The average Bonchev–Trinajstić information content (AvgIpc) is 2.78. The van der Waals surface area contributed by atoms with E-state index in [0.717, 1.165) is 0 Å². The summed E-state index contributed by atoms with van der Waals surface area (Å²) < 4.78 is 9.89. The van der Waals surface area contributed by atoms with Crippen LogP contribution >= 0.6 is 0 Å². The summed E-state index contributed by atoms with van der Waals surface area (Å²) in [6.07, 6.45) is 4.08. The Morgan fingerprint density at radius 2 is 1.52 bits per heavy atom. The van der Waals surface area contributed by atoms with Gasteiger partial charge < -0.3 is 9.47 Å². The van der Waals surface area contributed by atoms with Crippen LogP contribution in [-0.4, -0.2) is 37.7 Å². The number of azo groups is 1. The minimum Gasteiger partial charge on any atom is -0.466 e. The molecular formula is C17H20N2O4. The second-order valence-electron chi connectivity index (χ2n) is 7.29. The number of hydrogen-bond acceptors (Lipinski definition) is 6. The third kappa shape index (κ3) is 1.64. The van der Waals surface area contributed by atoms with Crippen molar-refractivity contribution in [3.05, 3.63) is 23.3 Å². The Labute approximate surface area is 134 Å². The first kappa shape index (κ1) is 14.6. The molecule has 2 bridgehead atoms. The average molecular weight is 316 g/mol. The Morgan fingerprint density at radius 3 is 2.04 bits per heavy atom. The van der Waals surface area contributed by atoms with E-state index in [4.69, 9.17) is 9.47 Å². The molecule has 122 valence electrons. The fraction of sp³-hybridized carbons (Fsp3) is 0.647. The maximum absolute atomic E-state index is 12.3. The van der Waals surface area contributed by atoms with Gasteiger partial charge in [0.05, 0.1) is 36.9 Å². The summed E-state index contributed by atoms with van der Waals surface area (Å²) in [6.45, 7) is 4.18. The van der Waals surface area contributed by atoms with E-state index in [9.17, 15) is 9.59 Å². The molecule has 5 aliphatic rings. The maximum atomic E-state index is 12.3. The van der Waals surface area contributed by atoms with Gasteiger partial charge in [0.2, 0.25) is 0 Å². The van der Waals surface area contributed by atoms with Gasteiger partial charge in [-0.05, 0) is 25.7 Å². The second-order valence-corrected chi connectivity index (χ2v) is 7.29. The summed E-state index contributed by atoms with van der Waals surface area (Å²) in [7, 11) is 2.69. The molecule has 0 radical (unpaired) electrons. The topological polar surface area (TPSA) is 77.3 Å². The van der Waals surface area contributed by atoms with Crippen molar-refractivity contribution in [3.63, 3.8) is 0 Å². The zero-order valence-corrected chi connectivity index (χ0v) is 13.6. The van der Waals surface area contributed by atoms with E-state index in [1.54, 1.807) is 0 Å². The van der Waals surface area contributed by atoms with Crippen LogP contribution < -0.4 is 0 Å². The number of hydrogen-bond donors (Lipinski definition) is 0. The van der Waals surface area contributed by atoms with E-state index in [1.807, 2.05) is 6.08 Å². The monoisotopic (exact) mass is 316 g/mol. The summed E-state index contributed by atoms with van der Waals surface area (Å²) in [5.41, 5.74) is 0.699. The van der Waals surface area contributed by atoms with Crippen molar-refractivity contribution in [2.24, 2.45) is 39.8 Å². The Bertz CT molecular complexity index is 691. The molecule has 1 saturated carbocycles. The molecular weight excluding hydrogens is 296 g/mol. The highest BCUT2D eigenvalue weighted by Gasteiger charge is 2.68. The number of ether oxygens (including phenoxy) is 2. The van der Waals surface area contributed by atoms with E-state index >= 15 is 0 Å². The van der Waals surface area contributed by atoms with Crippen LogP contribution in [0.1, 0.15) is 13.8 Å². The van der Waals surface area contributed by atoms with Crippen molar-refractivity contribution >= 4 is 11.9 Å². The van der Waals surface area contributed by atoms with Gasteiger partial charge in [-0.3, -0.25) is 0 Å². The number of methoxy groups -OCH3 is 2. The Balaban J connectivity index is 1.83. The highest BCUT2D eigenvalue weighted by atomic mass is 16.5. The van der Waals surface area contributed by atoms with Crippen LogP contribution in [0.4, 0.5) is 0 Å². The lowest BCUT2D eigenvalue weighted by molar-refractivity contribution is -0.143. The van der Waals surface area contributed by atoms with E-state index in [0.29, 0.717) is 17.1 Å². The van der Waals surface area contributed by atoms with E-state index in [1.165, 1.54) is 14.2 Å². The number of esters is 2. The largest absolute Gasteiger partial charge is 0.466 e. The normalized spacial score (nSPS) is 41.2. The molecule has 0 spiro atoms. The lowest BCUT2D eigenvalue weighted by atomic mass is 9.43. The summed E-state index contributed by atoms with van der Waals surface area (Å²) >= 11 is 0. The van der Waals surface area contributed by atoms with Gasteiger partial charge in [-0.2, -0.15) is 10.2 Å². The molecule has 5 rings (SSSR count). The first-order chi connectivity index (χ1) is 10.9. The maximum Gasteiger partial charge on any atom is 0.334 e. The van der Waals surface area contributed by atoms with Crippen LogP contribution in [0.2, 0.25) is 0 Å². The van der Waals surface area contributed by atoms with Gasteiger partial charge in [0.15, 0.2) is 0 Å². The first-order valence-electron chi connectivity index (χ1n) is 7.93. The smallest absolute Gasteiger partial charge is 0.334 e. The molecule has 23 heavy (non-hydrogen) atoms. The third-order valence-electron chi connectivity index (χ3n) is 6.01. The molecule has 0 unspecified atom stereocenters. The van der Waals surface area contributed by atoms with Crippen molar-refractivity contribution in [1.29, 1.82) is 0 Å². The van der Waals surface area contributed by atoms with E-state index < -0.39 is 11.9 Å². The molecule has 0 amide bonds. The SMILES string of the molecule is COC(=O)C1=C(C(=O)OC)[C@@H]2C=C[C@H]1[C@@H]1[C@H]2[C@H]2N=NC(C)(C)[C@H]21. The molecule has 1 fully saturated rings. The van der Waals surface area contributed by atoms with E-state index in [-0.39, 0.29) is 35.3 Å². The van der Waals surface area contributed by atoms with Gasteiger partial charge in [-0.1, -0.05) is 12.2 Å². The number of carbonyl (C=O) groups excluding carboxylic acids is 2. The predicted octanol–water partition coefficient (Wildman–Crippen LogP) is 1.92. The summed E-state index contributed by atoms with van der Waals surface area (Å²) in [6, 6.07) is 0.131. The van der Waals surface area contributed by atoms with Crippen molar-refractivity contribution in [1.82, 2.24) is 0 Å². The molecule has 0 aromatic carbocycles. The minimum atomic E-state index is -0.444. The predicted molar refractivity (Wildman–Crippen MR) is 80.4 cm³/mol. The van der Waals surface area contributed by atoms with Crippen molar-refractivity contribution in [2.75, 3.05) is 14.2 Å². The number of allylic oxidation sites excluding steroid dienone is 2. The van der Waals surface area contributed by atoms with Crippen LogP contribution in [-0.2, 0) is 19.1 Å². The van der Waals surface area contributed by atoms with Gasteiger partial charge in [0, 0.05) is 17.8 Å². The van der Waals surface area contributed by atoms with Crippen LogP contribution in [0.5, 0.6) is 0 Å². The lowest BCUT2D eigenvalue weighted by Crippen LogP contribution is -2.64. The molecule has 6 heteroatoms.